The number of hydrogen-bond donors (Lipinski definition) is 3. The number of anilines is 1. The van der Waals surface area contributed by atoms with E-state index in [9.17, 15) is 19.5 Å². The first-order valence-electron chi connectivity index (χ1n) is 12.9. The highest BCUT2D eigenvalue weighted by Crippen LogP contribution is 2.31. The van der Waals surface area contributed by atoms with Crippen LogP contribution in [-0.2, 0) is 22.4 Å². The minimum absolute atomic E-state index is 0.0804. The molecule has 202 valence electrons. The zero-order valence-electron chi connectivity index (χ0n) is 21.7. The Morgan fingerprint density at radius 3 is 2.74 bits per heavy atom. The van der Waals surface area contributed by atoms with Crippen LogP contribution in [0.3, 0.4) is 0 Å². The Bertz CT molecular complexity index is 1410. The number of nitrogens with two attached hydrogens (primary N) is 2. The van der Waals surface area contributed by atoms with Crippen molar-refractivity contribution in [2.75, 3.05) is 18.0 Å². The number of aryl methyl sites for hydroxylation is 2. The predicted molar refractivity (Wildman–Crippen MR) is 148 cm³/mol. The van der Waals surface area contributed by atoms with E-state index < -0.39 is 23.5 Å². The van der Waals surface area contributed by atoms with Gasteiger partial charge in [0.1, 0.15) is 17.5 Å². The van der Waals surface area contributed by atoms with Crippen LogP contribution in [0.5, 0.6) is 0 Å². The Hall–Kier alpha value is -3.57. The topological polar surface area (TPSA) is 157 Å². The molecule has 1 amide bonds. The van der Waals surface area contributed by atoms with E-state index in [1.165, 1.54) is 10.5 Å². The Morgan fingerprint density at radius 2 is 2.08 bits per heavy atom. The number of carbonyl (C=O) groups excluding carboxylic acids is 1. The van der Waals surface area contributed by atoms with Crippen LogP contribution in [0.15, 0.2) is 34.6 Å². The number of amides is 1. The van der Waals surface area contributed by atoms with Crippen molar-refractivity contribution in [3.8, 4) is 0 Å². The lowest BCUT2D eigenvalue weighted by atomic mass is 9.86. The number of carboxylic acids is 1. The quantitative estimate of drug-likeness (QED) is 0.332. The van der Waals surface area contributed by atoms with Crippen molar-refractivity contribution in [3.05, 3.63) is 62.0 Å². The van der Waals surface area contributed by atoms with E-state index in [0.717, 1.165) is 48.0 Å². The first kappa shape index (κ1) is 27.5. The maximum absolute atomic E-state index is 13.6. The summed E-state index contributed by atoms with van der Waals surface area (Å²) in [5.41, 5.74) is 13.8. The van der Waals surface area contributed by atoms with Gasteiger partial charge in [0.2, 0.25) is 5.91 Å². The summed E-state index contributed by atoms with van der Waals surface area (Å²) in [6.45, 7) is 5.11. The van der Waals surface area contributed by atoms with E-state index in [2.05, 4.69) is 19.2 Å². The molecule has 38 heavy (non-hydrogen) atoms. The van der Waals surface area contributed by atoms with E-state index in [1.807, 2.05) is 12.1 Å². The summed E-state index contributed by atoms with van der Waals surface area (Å²) >= 11 is 1.64. The third-order valence-electron chi connectivity index (χ3n) is 6.95. The lowest BCUT2D eigenvalue weighted by Gasteiger charge is -2.40. The zero-order valence-corrected chi connectivity index (χ0v) is 22.5. The number of nitrogens with zero attached hydrogens (tertiary/aromatic N) is 4. The van der Waals surface area contributed by atoms with Crippen molar-refractivity contribution >= 4 is 40.8 Å². The van der Waals surface area contributed by atoms with Gasteiger partial charge in [-0.2, -0.15) is 0 Å². The minimum Gasteiger partial charge on any atom is -0.478 e. The maximum atomic E-state index is 13.6. The lowest BCUT2D eigenvalue weighted by Crippen LogP contribution is -2.54. The monoisotopic (exact) mass is 538 g/mol. The van der Waals surface area contributed by atoms with Crippen LogP contribution in [0.25, 0.3) is 11.7 Å². The molecule has 0 saturated carbocycles. The third kappa shape index (κ3) is 5.94. The molecule has 1 saturated heterocycles. The van der Waals surface area contributed by atoms with Crippen LogP contribution >= 0.6 is 11.3 Å². The van der Waals surface area contributed by atoms with Crippen LogP contribution in [0.1, 0.15) is 60.9 Å². The fraction of sp³-hybridized carbons (Fsp3) is 0.444. The molecule has 0 aromatic carbocycles. The van der Waals surface area contributed by atoms with Gasteiger partial charge in [0, 0.05) is 30.6 Å². The third-order valence-corrected chi connectivity index (χ3v) is 7.87. The summed E-state index contributed by atoms with van der Waals surface area (Å²) < 4.78 is 1.40. The highest BCUT2D eigenvalue weighted by molar-refractivity contribution is 7.09. The van der Waals surface area contributed by atoms with Crippen LogP contribution in [0.4, 0.5) is 5.82 Å². The summed E-state index contributed by atoms with van der Waals surface area (Å²) in [4.78, 5) is 48.7. The van der Waals surface area contributed by atoms with Gasteiger partial charge in [0.25, 0.3) is 5.56 Å². The molecule has 3 aromatic rings. The highest BCUT2D eigenvalue weighted by atomic mass is 32.1. The molecule has 2 unspecified atom stereocenters. The Balaban J connectivity index is 1.76. The molecule has 0 radical (unpaired) electrons. The van der Waals surface area contributed by atoms with Gasteiger partial charge < -0.3 is 21.5 Å². The first-order valence-corrected chi connectivity index (χ1v) is 13.7. The van der Waals surface area contributed by atoms with Crippen molar-refractivity contribution in [1.29, 1.82) is 0 Å². The molecular weight excluding hydrogens is 504 g/mol. The van der Waals surface area contributed by atoms with Gasteiger partial charge in [-0.05, 0) is 67.8 Å². The molecule has 4 heterocycles. The first-order chi connectivity index (χ1) is 18.2. The molecule has 0 aliphatic carbocycles. The molecule has 2 atom stereocenters. The molecule has 0 spiro atoms. The number of pyridine rings is 1. The largest absolute Gasteiger partial charge is 0.478 e. The van der Waals surface area contributed by atoms with Gasteiger partial charge in [0.05, 0.1) is 16.3 Å². The van der Waals surface area contributed by atoms with E-state index in [4.69, 9.17) is 21.4 Å². The average Bonchev–Trinajstić information content (AvgIpc) is 3.36. The van der Waals surface area contributed by atoms with E-state index in [1.54, 1.807) is 22.4 Å². The summed E-state index contributed by atoms with van der Waals surface area (Å²) in [6, 6.07) is 3.02. The van der Waals surface area contributed by atoms with E-state index in [-0.39, 0.29) is 17.3 Å². The number of carboxylic acid groups (broad SMARTS) is 1. The second kappa shape index (κ2) is 11.9. The Kier molecular flexibility index (Phi) is 8.58. The molecule has 1 aliphatic rings. The molecular formula is C27H34N6O4S. The lowest BCUT2D eigenvalue weighted by molar-refractivity contribution is -0.131. The van der Waals surface area contributed by atoms with E-state index in [0.29, 0.717) is 31.1 Å². The second-order valence-corrected chi connectivity index (χ2v) is 10.9. The number of carbonyl (C=O) groups is 2. The molecule has 0 bridgehead atoms. The van der Waals surface area contributed by atoms with Crippen LogP contribution < -0.4 is 21.9 Å². The summed E-state index contributed by atoms with van der Waals surface area (Å²) in [5, 5.41) is 12.4. The second-order valence-electron chi connectivity index (χ2n) is 9.93. The van der Waals surface area contributed by atoms with Crippen LogP contribution in [0.2, 0.25) is 0 Å². The standard InChI is InChI=1S/C27H34N6O4S/c1-16(2)20-15-38-22(30-20)7-5-17-10-13-32-21(14-17)31-26(19(27(32)37)6-8-23(34)35)33-12-3-4-18(9-11-28)24(33)25(29)36/h6,8,10,13-16,18,24H,3-5,7,9,11-12,28H2,1-2H3,(H2,29,36)(H,34,35). The number of thiazole rings is 1. The smallest absolute Gasteiger partial charge is 0.328 e. The highest BCUT2D eigenvalue weighted by Gasteiger charge is 2.37. The number of rotatable bonds is 10. The van der Waals surface area contributed by atoms with Crippen molar-refractivity contribution < 1.29 is 14.7 Å². The number of aromatic nitrogens is 3. The summed E-state index contributed by atoms with van der Waals surface area (Å²) in [5.74, 6) is -1.15. The van der Waals surface area contributed by atoms with Gasteiger partial charge in [-0.1, -0.05) is 13.8 Å². The number of piperidine rings is 1. The van der Waals surface area contributed by atoms with Gasteiger partial charge in [-0.25, -0.2) is 14.8 Å². The number of hydrogen-bond acceptors (Lipinski definition) is 8. The van der Waals surface area contributed by atoms with Gasteiger partial charge in [-0.15, -0.1) is 11.3 Å². The van der Waals surface area contributed by atoms with Gasteiger partial charge >= 0.3 is 5.97 Å². The van der Waals surface area contributed by atoms with E-state index >= 15 is 0 Å². The molecule has 10 nitrogen and oxygen atoms in total. The van der Waals surface area contributed by atoms with Crippen molar-refractivity contribution in [2.45, 2.75) is 57.9 Å². The SMILES string of the molecule is CC(C)c1csc(CCc2ccn3c(=O)c(C=CC(=O)O)c(N4CCCC(CCN)C4C(N)=O)nc3c2)n1. The fourth-order valence-electron chi connectivity index (χ4n) is 5.03. The van der Waals surface area contributed by atoms with Gasteiger partial charge in [-0.3, -0.25) is 14.0 Å². The molecule has 4 rings (SSSR count). The van der Waals surface area contributed by atoms with Crippen molar-refractivity contribution in [2.24, 2.45) is 17.4 Å². The molecule has 11 heteroatoms. The number of fused-ring (bicyclic) bond motifs is 1. The molecule has 1 fully saturated rings. The number of primary amides is 1. The molecule has 5 N–H and O–H groups in total. The summed E-state index contributed by atoms with van der Waals surface area (Å²) in [6.07, 6.45) is 7.45. The minimum atomic E-state index is -1.19. The Morgan fingerprint density at radius 1 is 1.29 bits per heavy atom. The maximum Gasteiger partial charge on any atom is 0.328 e. The summed E-state index contributed by atoms with van der Waals surface area (Å²) in [7, 11) is 0. The molecule has 3 aromatic heterocycles. The predicted octanol–water partition coefficient (Wildman–Crippen LogP) is 2.58. The normalized spacial score (nSPS) is 18.1. The zero-order chi connectivity index (χ0) is 27.4. The molecule has 1 aliphatic heterocycles. The average molecular weight is 539 g/mol. The Labute approximate surface area is 225 Å². The van der Waals surface area contributed by atoms with Gasteiger partial charge in [0.15, 0.2) is 0 Å². The number of aliphatic carboxylic acids is 1. The van der Waals surface area contributed by atoms with Crippen LogP contribution in [-0.4, -0.2) is 50.5 Å². The van der Waals surface area contributed by atoms with Crippen molar-refractivity contribution in [1.82, 2.24) is 14.4 Å². The van der Waals surface area contributed by atoms with Crippen molar-refractivity contribution in [3.63, 3.8) is 0 Å². The van der Waals surface area contributed by atoms with Crippen LogP contribution in [0, 0.1) is 5.92 Å². The fourth-order valence-corrected chi connectivity index (χ4v) is 5.99.